The van der Waals surface area contributed by atoms with E-state index in [2.05, 4.69) is 43.0 Å². The smallest absolute Gasteiger partial charge is 0.134 e. The third-order valence-electron chi connectivity index (χ3n) is 2.03. The van der Waals surface area contributed by atoms with Gasteiger partial charge in [-0.25, -0.2) is 0 Å². The van der Waals surface area contributed by atoms with E-state index in [0.717, 1.165) is 32.1 Å². The van der Waals surface area contributed by atoms with Crippen LogP contribution < -0.4 is 0 Å². The van der Waals surface area contributed by atoms with Gasteiger partial charge in [0, 0.05) is 19.3 Å². The third kappa shape index (κ3) is 13.1. The van der Waals surface area contributed by atoms with Crippen LogP contribution in [0.25, 0.3) is 0 Å². The molecule has 0 aromatic rings. The predicted molar refractivity (Wildman–Crippen MR) is 75.6 cm³/mol. The van der Waals surface area contributed by atoms with Gasteiger partial charge in [0.1, 0.15) is 8.80 Å². The van der Waals surface area contributed by atoms with Crippen LogP contribution in [0.4, 0.5) is 0 Å². The van der Waals surface area contributed by atoms with Crippen molar-refractivity contribution in [1.29, 1.82) is 0 Å². The van der Waals surface area contributed by atoms with Crippen LogP contribution >= 0.6 is 0 Å². The van der Waals surface area contributed by atoms with Gasteiger partial charge in [-0.15, -0.1) is 29.9 Å². The lowest BCUT2D eigenvalue weighted by molar-refractivity contribution is 0.781. The van der Waals surface area contributed by atoms with Gasteiger partial charge in [0.15, 0.2) is 0 Å². The fourth-order valence-electron chi connectivity index (χ4n) is 1.18. The average molecular weight is 231 g/mol. The molecule has 0 aromatic carbocycles. The molecule has 0 heterocycles. The Labute approximate surface area is 103 Å². The second kappa shape index (κ2) is 12.1. The summed E-state index contributed by atoms with van der Waals surface area (Å²) < 4.78 is 0. The molecule has 0 aliphatic heterocycles. The summed E-state index contributed by atoms with van der Waals surface area (Å²) in [7, 11) is -0.341. The molecular weight excluding hydrogens is 208 g/mol. The van der Waals surface area contributed by atoms with Crippen molar-refractivity contribution in [3.05, 3.63) is 12.7 Å². The van der Waals surface area contributed by atoms with Crippen molar-refractivity contribution in [2.45, 2.75) is 58.0 Å². The summed E-state index contributed by atoms with van der Waals surface area (Å²) in [6, 6.07) is 0. The van der Waals surface area contributed by atoms with Crippen LogP contribution in [0.2, 0.25) is 13.1 Å². The SMILES string of the molecule is C=CCCCC#CCCCCC#C[Si](C)C. The van der Waals surface area contributed by atoms with Gasteiger partial charge in [0.2, 0.25) is 0 Å². The van der Waals surface area contributed by atoms with E-state index in [1.807, 2.05) is 6.08 Å². The Kier molecular flexibility index (Phi) is 11.4. The molecule has 16 heavy (non-hydrogen) atoms. The molecule has 0 aliphatic carbocycles. The Morgan fingerprint density at radius 1 is 0.938 bits per heavy atom. The van der Waals surface area contributed by atoms with E-state index in [1.165, 1.54) is 12.8 Å². The van der Waals surface area contributed by atoms with Crippen molar-refractivity contribution >= 4 is 8.80 Å². The average Bonchev–Trinajstić information content (AvgIpc) is 2.25. The Morgan fingerprint density at radius 2 is 1.50 bits per heavy atom. The highest BCUT2D eigenvalue weighted by Crippen LogP contribution is 1.98. The van der Waals surface area contributed by atoms with Crippen LogP contribution in [-0.4, -0.2) is 8.80 Å². The molecule has 0 N–H and O–H groups in total. The molecular formula is C15H23Si. The van der Waals surface area contributed by atoms with Crippen molar-refractivity contribution in [2.75, 3.05) is 0 Å². The lowest BCUT2D eigenvalue weighted by Crippen LogP contribution is -1.92. The van der Waals surface area contributed by atoms with Gasteiger partial charge in [-0.05, 0) is 25.7 Å². The minimum Gasteiger partial charge on any atom is -0.134 e. The summed E-state index contributed by atoms with van der Waals surface area (Å²) in [4.78, 5) is 0. The van der Waals surface area contributed by atoms with Gasteiger partial charge >= 0.3 is 0 Å². The van der Waals surface area contributed by atoms with Crippen LogP contribution in [0, 0.1) is 23.3 Å². The van der Waals surface area contributed by atoms with E-state index in [0.29, 0.717) is 0 Å². The summed E-state index contributed by atoms with van der Waals surface area (Å²) in [5.74, 6) is 9.66. The molecule has 0 atom stereocenters. The van der Waals surface area contributed by atoms with E-state index < -0.39 is 0 Å². The van der Waals surface area contributed by atoms with Crippen LogP contribution in [-0.2, 0) is 0 Å². The van der Waals surface area contributed by atoms with Crippen molar-refractivity contribution in [1.82, 2.24) is 0 Å². The maximum atomic E-state index is 3.69. The summed E-state index contributed by atoms with van der Waals surface area (Å²) in [5.41, 5.74) is 3.28. The quantitative estimate of drug-likeness (QED) is 0.278. The van der Waals surface area contributed by atoms with Crippen molar-refractivity contribution in [3.8, 4) is 23.3 Å². The van der Waals surface area contributed by atoms with E-state index >= 15 is 0 Å². The maximum Gasteiger partial charge on any atom is 0.138 e. The summed E-state index contributed by atoms with van der Waals surface area (Å²) >= 11 is 0. The molecule has 0 spiro atoms. The molecule has 0 amide bonds. The van der Waals surface area contributed by atoms with Gasteiger partial charge in [0.05, 0.1) is 0 Å². The van der Waals surface area contributed by atoms with Gasteiger partial charge in [0.25, 0.3) is 0 Å². The second-order valence-electron chi connectivity index (χ2n) is 4.04. The second-order valence-corrected chi connectivity index (χ2v) is 6.29. The minimum absolute atomic E-state index is 0.341. The third-order valence-corrected chi connectivity index (χ3v) is 2.70. The fraction of sp³-hybridized carbons (Fsp3) is 0.600. The summed E-state index contributed by atoms with van der Waals surface area (Å²) in [5, 5.41) is 0. The largest absolute Gasteiger partial charge is 0.138 e. The number of rotatable bonds is 6. The number of unbranched alkanes of at least 4 members (excludes halogenated alkanes) is 5. The van der Waals surface area contributed by atoms with Gasteiger partial charge < -0.3 is 0 Å². The standard InChI is InChI=1S/C15H23Si/c1-4-5-6-7-8-9-10-11-12-13-14-15-16(2)3/h4H,1,5-7,10-13H2,2-3H3. The van der Waals surface area contributed by atoms with Crippen molar-refractivity contribution in [3.63, 3.8) is 0 Å². The van der Waals surface area contributed by atoms with Crippen molar-refractivity contribution < 1.29 is 0 Å². The molecule has 1 heteroatoms. The zero-order valence-corrected chi connectivity index (χ0v) is 11.7. The first-order valence-corrected chi connectivity index (χ1v) is 8.63. The summed E-state index contributed by atoms with van der Waals surface area (Å²) in [6.45, 7) is 8.15. The Morgan fingerprint density at radius 3 is 2.06 bits per heavy atom. The van der Waals surface area contributed by atoms with Gasteiger partial charge in [-0.3, -0.25) is 0 Å². The fourth-order valence-corrected chi connectivity index (χ4v) is 1.66. The van der Waals surface area contributed by atoms with Crippen LogP contribution in [0.5, 0.6) is 0 Å². The minimum atomic E-state index is -0.341. The molecule has 87 valence electrons. The molecule has 0 bridgehead atoms. The Hall–Kier alpha value is -0.923. The first-order chi connectivity index (χ1) is 7.77. The van der Waals surface area contributed by atoms with Gasteiger partial charge in [-0.1, -0.05) is 19.2 Å². The number of hydrogen-bond donors (Lipinski definition) is 0. The molecule has 0 aromatic heterocycles. The molecule has 0 aliphatic rings. The highest BCUT2D eigenvalue weighted by Gasteiger charge is 1.86. The van der Waals surface area contributed by atoms with Crippen LogP contribution in [0.15, 0.2) is 12.7 Å². The number of allylic oxidation sites excluding steroid dienone is 1. The Balaban J connectivity index is 3.27. The van der Waals surface area contributed by atoms with E-state index in [-0.39, 0.29) is 8.80 Å². The van der Waals surface area contributed by atoms with E-state index in [4.69, 9.17) is 0 Å². The lowest BCUT2D eigenvalue weighted by Gasteiger charge is -1.90. The molecule has 0 rings (SSSR count). The van der Waals surface area contributed by atoms with E-state index in [9.17, 15) is 0 Å². The molecule has 0 fully saturated rings. The highest BCUT2D eigenvalue weighted by molar-refractivity contribution is 6.64. The molecule has 0 saturated heterocycles. The van der Waals surface area contributed by atoms with Gasteiger partial charge in [-0.2, -0.15) is 0 Å². The zero-order valence-electron chi connectivity index (χ0n) is 10.7. The topological polar surface area (TPSA) is 0 Å². The molecule has 0 nitrogen and oxygen atoms in total. The molecule has 1 radical (unpaired) electrons. The molecule has 0 saturated carbocycles. The van der Waals surface area contributed by atoms with E-state index in [1.54, 1.807) is 0 Å². The first kappa shape index (κ1) is 15.1. The van der Waals surface area contributed by atoms with Crippen LogP contribution in [0.1, 0.15) is 44.9 Å². The monoisotopic (exact) mass is 231 g/mol. The normalized spacial score (nSPS) is 8.94. The number of hydrogen-bond acceptors (Lipinski definition) is 0. The lowest BCUT2D eigenvalue weighted by atomic mass is 10.2. The Bertz CT molecular complexity index is 280. The van der Waals surface area contributed by atoms with Crippen LogP contribution in [0.3, 0.4) is 0 Å². The zero-order chi connectivity index (χ0) is 12.1. The first-order valence-electron chi connectivity index (χ1n) is 6.13. The molecule has 0 unspecified atom stereocenters. The summed E-state index contributed by atoms with van der Waals surface area (Å²) in [6.07, 6.45) is 9.69. The predicted octanol–water partition coefficient (Wildman–Crippen LogP) is 4.20. The van der Waals surface area contributed by atoms with Crippen molar-refractivity contribution in [2.24, 2.45) is 0 Å². The highest BCUT2D eigenvalue weighted by atomic mass is 28.3. The maximum absolute atomic E-state index is 3.69.